The zero-order valence-electron chi connectivity index (χ0n) is 12.9. The van der Waals surface area contributed by atoms with Gasteiger partial charge in [-0.1, -0.05) is 50.1 Å². The third kappa shape index (κ3) is 5.79. The molecule has 0 aromatic heterocycles. The van der Waals surface area contributed by atoms with Gasteiger partial charge < -0.3 is 4.74 Å². The molecule has 0 heterocycles. The summed E-state index contributed by atoms with van der Waals surface area (Å²) in [6.07, 6.45) is 2.49. The third-order valence-electron chi connectivity index (χ3n) is 3.11. The maximum Gasteiger partial charge on any atom is 0.329 e. The van der Waals surface area contributed by atoms with Gasteiger partial charge in [0.15, 0.2) is 0 Å². The van der Waals surface area contributed by atoms with Crippen molar-refractivity contribution >= 4 is 23.8 Å². The second kappa shape index (κ2) is 9.45. The Balaban J connectivity index is 2.76. The molecule has 1 rings (SSSR count). The number of hydrogen-bond acceptors (Lipinski definition) is 4. The van der Waals surface area contributed by atoms with Crippen molar-refractivity contribution in [3.63, 3.8) is 0 Å². The molecule has 1 unspecified atom stereocenters. The number of rotatable bonds is 8. The summed E-state index contributed by atoms with van der Waals surface area (Å²) in [5.74, 6) is 0.182. The number of methoxy groups -OCH3 is 1. The molecule has 21 heavy (non-hydrogen) atoms. The standard InChI is InChI=1S/C16H23NO3S/c1-4-5-11-15(16(19)20-3)17(13(2)18)21-12-14-9-7-6-8-10-14/h6-10,15H,4-5,11-12H2,1-3H3. The molecule has 0 fully saturated rings. The third-order valence-corrected chi connectivity index (χ3v) is 4.36. The average Bonchev–Trinajstić information content (AvgIpc) is 2.50. The quantitative estimate of drug-likeness (QED) is 0.545. The van der Waals surface area contributed by atoms with Crippen LogP contribution >= 0.6 is 11.9 Å². The predicted molar refractivity (Wildman–Crippen MR) is 85.6 cm³/mol. The molecule has 0 aliphatic rings. The highest BCUT2D eigenvalue weighted by Crippen LogP contribution is 2.23. The largest absolute Gasteiger partial charge is 0.467 e. The molecule has 0 radical (unpaired) electrons. The van der Waals surface area contributed by atoms with Crippen LogP contribution in [0.1, 0.15) is 38.7 Å². The Kier molecular flexibility index (Phi) is 7.90. The second-order valence-electron chi connectivity index (χ2n) is 4.79. The lowest BCUT2D eigenvalue weighted by molar-refractivity contribution is -0.148. The summed E-state index contributed by atoms with van der Waals surface area (Å²) in [6.45, 7) is 3.55. The Morgan fingerprint density at radius 3 is 2.48 bits per heavy atom. The van der Waals surface area contributed by atoms with E-state index in [4.69, 9.17) is 4.74 Å². The van der Waals surface area contributed by atoms with E-state index in [0.717, 1.165) is 18.4 Å². The Morgan fingerprint density at radius 1 is 1.29 bits per heavy atom. The lowest BCUT2D eigenvalue weighted by Gasteiger charge is -2.27. The van der Waals surface area contributed by atoms with Gasteiger partial charge in [-0.05, 0) is 23.9 Å². The molecule has 1 amide bonds. The van der Waals surface area contributed by atoms with Crippen molar-refractivity contribution in [1.29, 1.82) is 0 Å². The fourth-order valence-electron chi connectivity index (χ4n) is 1.98. The van der Waals surface area contributed by atoms with Crippen LogP contribution in [0.4, 0.5) is 0 Å². The number of carbonyl (C=O) groups is 2. The second-order valence-corrected chi connectivity index (χ2v) is 5.73. The summed E-state index contributed by atoms with van der Waals surface area (Å²) >= 11 is 1.37. The summed E-state index contributed by atoms with van der Waals surface area (Å²) in [5.41, 5.74) is 1.12. The average molecular weight is 309 g/mol. The molecule has 0 spiro atoms. The number of benzene rings is 1. The number of ether oxygens (including phenoxy) is 1. The van der Waals surface area contributed by atoms with Gasteiger partial charge in [0.1, 0.15) is 6.04 Å². The number of nitrogens with zero attached hydrogens (tertiary/aromatic N) is 1. The smallest absolute Gasteiger partial charge is 0.329 e. The highest BCUT2D eigenvalue weighted by molar-refractivity contribution is 7.96. The summed E-state index contributed by atoms with van der Waals surface area (Å²) in [4.78, 5) is 23.8. The van der Waals surface area contributed by atoms with Gasteiger partial charge in [-0.15, -0.1) is 0 Å². The first-order chi connectivity index (χ1) is 10.1. The van der Waals surface area contributed by atoms with Crippen molar-refractivity contribution in [2.45, 2.75) is 44.9 Å². The molecule has 0 saturated carbocycles. The fourth-order valence-corrected chi connectivity index (χ4v) is 3.02. The number of unbranched alkanes of at least 4 members (excludes halogenated alkanes) is 1. The number of carbonyl (C=O) groups excluding carboxylic acids is 2. The Hall–Kier alpha value is -1.49. The van der Waals surface area contributed by atoms with Crippen LogP contribution in [0.25, 0.3) is 0 Å². The first-order valence-corrected chi connectivity index (χ1v) is 8.08. The van der Waals surface area contributed by atoms with Gasteiger partial charge in [0.2, 0.25) is 5.91 Å². The summed E-state index contributed by atoms with van der Waals surface area (Å²) in [6, 6.07) is 9.37. The zero-order valence-corrected chi connectivity index (χ0v) is 13.7. The Labute approximate surface area is 131 Å². The minimum absolute atomic E-state index is 0.123. The topological polar surface area (TPSA) is 46.6 Å². The number of amides is 1. The van der Waals surface area contributed by atoms with Crippen molar-refractivity contribution in [3.05, 3.63) is 35.9 Å². The predicted octanol–water partition coefficient (Wildman–Crippen LogP) is 3.42. The molecule has 1 aromatic rings. The van der Waals surface area contributed by atoms with E-state index in [-0.39, 0.29) is 11.9 Å². The van der Waals surface area contributed by atoms with Crippen LogP contribution in [0.15, 0.2) is 30.3 Å². The van der Waals surface area contributed by atoms with E-state index in [2.05, 4.69) is 6.92 Å². The van der Waals surface area contributed by atoms with Crippen LogP contribution in [-0.4, -0.2) is 29.3 Å². The zero-order chi connectivity index (χ0) is 15.7. The molecule has 0 aliphatic heterocycles. The molecule has 4 nitrogen and oxygen atoms in total. The Bertz CT molecular complexity index is 450. The molecule has 5 heteroatoms. The van der Waals surface area contributed by atoms with Crippen LogP contribution in [0.5, 0.6) is 0 Å². The highest BCUT2D eigenvalue weighted by atomic mass is 32.2. The fraction of sp³-hybridized carbons (Fsp3) is 0.500. The van der Waals surface area contributed by atoms with Crippen LogP contribution in [0, 0.1) is 0 Å². The van der Waals surface area contributed by atoms with Crippen LogP contribution < -0.4 is 0 Å². The normalized spacial score (nSPS) is 11.8. The maximum absolute atomic E-state index is 11.9. The molecular formula is C16H23NO3S. The number of hydrogen-bond donors (Lipinski definition) is 0. The molecule has 116 valence electrons. The van der Waals surface area contributed by atoms with Crippen LogP contribution in [0.2, 0.25) is 0 Å². The lowest BCUT2D eigenvalue weighted by atomic mass is 10.1. The van der Waals surface area contributed by atoms with E-state index in [1.54, 1.807) is 4.31 Å². The van der Waals surface area contributed by atoms with Gasteiger partial charge in [-0.25, -0.2) is 4.79 Å². The van der Waals surface area contributed by atoms with Gasteiger partial charge in [0, 0.05) is 12.7 Å². The summed E-state index contributed by atoms with van der Waals surface area (Å²) < 4.78 is 6.40. The van der Waals surface area contributed by atoms with Crippen molar-refractivity contribution in [3.8, 4) is 0 Å². The maximum atomic E-state index is 11.9. The molecule has 0 saturated heterocycles. The van der Waals surface area contributed by atoms with Gasteiger partial charge >= 0.3 is 5.97 Å². The van der Waals surface area contributed by atoms with Crippen molar-refractivity contribution in [2.24, 2.45) is 0 Å². The van der Waals surface area contributed by atoms with Crippen LogP contribution in [0.3, 0.4) is 0 Å². The van der Waals surface area contributed by atoms with Gasteiger partial charge in [-0.2, -0.15) is 0 Å². The molecule has 0 bridgehead atoms. The van der Waals surface area contributed by atoms with E-state index >= 15 is 0 Å². The minimum atomic E-state index is -0.513. The molecule has 1 aromatic carbocycles. The first-order valence-electron chi connectivity index (χ1n) is 7.14. The van der Waals surface area contributed by atoms with Crippen molar-refractivity contribution < 1.29 is 14.3 Å². The first kappa shape index (κ1) is 17.6. The van der Waals surface area contributed by atoms with E-state index in [9.17, 15) is 9.59 Å². The van der Waals surface area contributed by atoms with Gasteiger partial charge in [0.25, 0.3) is 0 Å². The highest BCUT2D eigenvalue weighted by Gasteiger charge is 2.28. The molecule has 1 atom stereocenters. The molecule has 0 N–H and O–H groups in total. The minimum Gasteiger partial charge on any atom is -0.467 e. The van der Waals surface area contributed by atoms with Gasteiger partial charge in [0.05, 0.1) is 7.11 Å². The summed E-state index contributed by atoms with van der Waals surface area (Å²) in [7, 11) is 1.36. The SMILES string of the molecule is CCCCC(C(=O)OC)N(SCc1ccccc1)C(C)=O. The van der Waals surface area contributed by atoms with Crippen molar-refractivity contribution in [1.82, 2.24) is 4.31 Å². The van der Waals surface area contributed by atoms with E-state index in [1.807, 2.05) is 30.3 Å². The molecule has 0 aliphatic carbocycles. The Morgan fingerprint density at radius 2 is 1.95 bits per heavy atom. The monoisotopic (exact) mass is 309 g/mol. The number of esters is 1. The summed E-state index contributed by atoms with van der Waals surface area (Å²) in [5, 5.41) is 0. The van der Waals surface area contributed by atoms with E-state index in [1.165, 1.54) is 26.0 Å². The lowest BCUT2D eigenvalue weighted by Crippen LogP contribution is -2.40. The van der Waals surface area contributed by atoms with Crippen LogP contribution in [-0.2, 0) is 20.1 Å². The molecular weight excluding hydrogens is 286 g/mol. The van der Waals surface area contributed by atoms with Crippen molar-refractivity contribution in [2.75, 3.05) is 7.11 Å². The van der Waals surface area contributed by atoms with E-state index < -0.39 is 6.04 Å². The van der Waals surface area contributed by atoms with E-state index in [0.29, 0.717) is 12.2 Å². The van der Waals surface area contributed by atoms with Gasteiger partial charge in [-0.3, -0.25) is 9.10 Å².